The van der Waals surface area contributed by atoms with Crippen molar-refractivity contribution in [1.82, 2.24) is 0 Å². The van der Waals surface area contributed by atoms with Gasteiger partial charge in [0.1, 0.15) is 6.10 Å². The molecule has 2 nitrogen and oxygen atoms in total. The molecule has 0 spiro atoms. The number of ketones is 1. The van der Waals surface area contributed by atoms with Crippen LogP contribution in [0.25, 0.3) is 0 Å². The smallest absolute Gasteiger partial charge is 0.158 e. The van der Waals surface area contributed by atoms with Crippen LogP contribution in [0.4, 0.5) is 0 Å². The molecule has 2 heteroatoms. The molecule has 0 aliphatic rings. The molecule has 0 amide bonds. The SMILES string of the molecule is CC(=O)C(O)C(C)CCCC(C)C. The number of carbonyl (C=O) groups excluding carboxylic acids is 1. The topological polar surface area (TPSA) is 37.3 Å². The summed E-state index contributed by atoms with van der Waals surface area (Å²) in [6.45, 7) is 7.76. The van der Waals surface area contributed by atoms with Gasteiger partial charge >= 0.3 is 0 Å². The molecule has 1 N–H and O–H groups in total. The zero-order valence-corrected chi connectivity index (χ0v) is 9.21. The highest BCUT2D eigenvalue weighted by Crippen LogP contribution is 2.15. The number of rotatable bonds is 6. The van der Waals surface area contributed by atoms with Crippen LogP contribution in [0.3, 0.4) is 0 Å². The first-order valence-corrected chi connectivity index (χ1v) is 5.13. The second-order valence-electron chi connectivity index (χ2n) is 4.36. The molecular weight excluding hydrogens is 164 g/mol. The highest BCUT2D eigenvalue weighted by molar-refractivity contribution is 5.80. The zero-order valence-electron chi connectivity index (χ0n) is 9.21. The summed E-state index contributed by atoms with van der Waals surface area (Å²) in [5.41, 5.74) is 0. The molecule has 0 bridgehead atoms. The maximum atomic E-state index is 10.8. The second kappa shape index (κ2) is 6.14. The average Bonchev–Trinajstić information content (AvgIpc) is 2.02. The molecule has 0 aliphatic heterocycles. The summed E-state index contributed by atoms with van der Waals surface area (Å²) in [6.07, 6.45) is 2.46. The molecule has 0 aromatic rings. The Morgan fingerprint density at radius 3 is 2.15 bits per heavy atom. The van der Waals surface area contributed by atoms with Crippen LogP contribution in [0, 0.1) is 11.8 Å². The lowest BCUT2D eigenvalue weighted by Gasteiger charge is -2.16. The number of aliphatic hydroxyl groups excluding tert-OH is 1. The minimum atomic E-state index is -0.757. The van der Waals surface area contributed by atoms with Crippen LogP contribution in [-0.2, 0) is 4.79 Å². The maximum Gasteiger partial charge on any atom is 0.158 e. The van der Waals surface area contributed by atoms with E-state index < -0.39 is 6.10 Å². The van der Waals surface area contributed by atoms with Crippen LogP contribution in [0.15, 0.2) is 0 Å². The third-order valence-electron chi connectivity index (χ3n) is 2.40. The summed E-state index contributed by atoms with van der Waals surface area (Å²) >= 11 is 0. The molecule has 0 fully saturated rings. The largest absolute Gasteiger partial charge is 0.385 e. The van der Waals surface area contributed by atoms with E-state index >= 15 is 0 Å². The molecule has 0 radical (unpaired) electrons. The number of hydrogen-bond acceptors (Lipinski definition) is 2. The molecule has 0 saturated carbocycles. The third-order valence-corrected chi connectivity index (χ3v) is 2.40. The molecule has 0 saturated heterocycles. The fourth-order valence-electron chi connectivity index (χ4n) is 1.41. The zero-order chi connectivity index (χ0) is 10.4. The Kier molecular flexibility index (Phi) is 5.97. The van der Waals surface area contributed by atoms with Crippen molar-refractivity contribution in [3.63, 3.8) is 0 Å². The number of carbonyl (C=O) groups is 1. The molecule has 0 aromatic carbocycles. The van der Waals surface area contributed by atoms with Crippen molar-refractivity contribution in [2.24, 2.45) is 11.8 Å². The Morgan fingerprint density at radius 1 is 1.23 bits per heavy atom. The highest BCUT2D eigenvalue weighted by atomic mass is 16.3. The van der Waals surface area contributed by atoms with E-state index in [1.165, 1.54) is 13.3 Å². The van der Waals surface area contributed by atoms with E-state index in [-0.39, 0.29) is 11.7 Å². The van der Waals surface area contributed by atoms with Crippen molar-refractivity contribution in [3.8, 4) is 0 Å². The summed E-state index contributed by atoms with van der Waals surface area (Å²) in [5.74, 6) is 0.704. The monoisotopic (exact) mass is 186 g/mol. The number of hydrogen-bond donors (Lipinski definition) is 1. The molecule has 13 heavy (non-hydrogen) atoms. The summed E-state index contributed by atoms with van der Waals surface area (Å²) in [7, 11) is 0. The van der Waals surface area contributed by atoms with E-state index in [2.05, 4.69) is 13.8 Å². The first kappa shape index (κ1) is 12.6. The Hall–Kier alpha value is -0.370. The van der Waals surface area contributed by atoms with Gasteiger partial charge in [-0.2, -0.15) is 0 Å². The standard InChI is InChI=1S/C11H22O2/c1-8(2)6-5-7-9(3)11(13)10(4)12/h8-9,11,13H,5-7H2,1-4H3. The lowest BCUT2D eigenvalue weighted by molar-refractivity contribution is -0.127. The molecule has 2 atom stereocenters. The van der Waals surface area contributed by atoms with Gasteiger partial charge in [-0.3, -0.25) is 4.79 Å². The van der Waals surface area contributed by atoms with Crippen LogP contribution in [-0.4, -0.2) is 17.0 Å². The van der Waals surface area contributed by atoms with Crippen LogP contribution >= 0.6 is 0 Å². The fraction of sp³-hybridized carbons (Fsp3) is 0.909. The van der Waals surface area contributed by atoms with Gasteiger partial charge in [-0.1, -0.05) is 33.6 Å². The van der Waals surface area contributed by atoms with E-state index in [1.54, 1.807) is 0 Å². The number of Topliss-reactive ketones (excluding diaryl/α,β-unsaturated/α-hetero) is 1. The first-order chi connectivity index (χ1) is 5.95. The van der Waals surface area contributed by atoms with Crippen LogP contribution < -0.4 is 0 Å². The molecular formula is C11H22O2. The maximum absolute atomic E-state index is 10.8. The van der Waals surface area contributed by atoms with Crippen molar-refractivity contribution in [2.75, 3.05) is 0 Å². The summed E-state index contributed by atoms with van der Waals surface area (Å²) in [4.78, 5) is 10.8. The van der Waals surface area contributed by atoms with Crippen molar-refractivity contribution < 1.29 is 9.90 Å². The average molecular weight is 186 g/mol. The van der Waals surface area contributed by atoms with Gasteiger partial charge in [0.15, 0.2) is 5.78 Å². The third kappa shape index (κ3) is 5.81. The Balaban J connectivity index is 3.61. The van der Waals surface area contributed by atoms with Gasteiger partial charge < -0.3 is 5.11 Å². The van der Waals surface area contributed by atoms with Crippen LogP contribution in [0.5, 0.6) is 0 Å². The van der Waals surface area contributed by atoms with Crippen molar-refractivity contribution in [1.29, 1.82) is 0 Å². The van der Waals surface area contributed by atoms with Crippen molar-refractivity contribution in [2.45, 2.75) is 53.1 Å². The molecule has 0 aromatic heterocycles. The van der Waals surface area contributed by atoms with Gasteiger partial charge in [0.25, 0.3) is 0 Å². The van der Waals surface area contributed by atoms with E-state index in [9.17, 15) is 9.90 Å². The molecule has 0 rings (SSSR count). The van der Waals surface area contributed by atoms with Gasteiger partial charge in [0.2, 0.25) is 0 Å². The first-order valence-electron chi connectivity index (χ1n) is 5.13. The summed E-state index contributed by atoms with van der Waals surface area (Å²) in [5, 5.41) is 9.41. The van der Waals surface area contributed by atoms with Gasteiger partial charge in [-0.25, -0.2) is 0 Å². The van der Waals surface area contributed by atoms with E-state index in [0.717, 1.165) is 12.8 Å². The van der Waals surface area contributed by atoms with Crippen molar-refractivity contribution >= 4 is 5.78 Å². The van der Waals surface area contributed by atoms with Gasteiger partial charge in [-0.05, 0) is 25.2 Å². The molecule has 0 aliphatic carbocycles. The predicted molar refractivity (Wildman–Crippen MR) is 54.5 cm³/mol. The van der Waals surface area contributed by atoms with Gasteiger partial charge in [0.05, 0.1) is 0 Å². The minimum Gasteiger partial charge on any atom is -0.385 e. The Labute approximate surface area is 81.3 Å². The van der Waals surface area contributed by atoms with Crippen molar-refractivity contribution in [3.05, 3.63) is 0 Å². The van der Waals surface area contributed by atoms with Gasteiger partial charge in [0, 0.05) is 0 Å². The molecule has 2 unspecified atom stereocenters. The molecule has 78 valence electrons. The number of aliphatic hydroxyl groups is 1. The minimum absolute atomic E-state index is 0.108. The summed E-state index contributed by atoms with van der Waals surface area (Å²) in [6, 6.07) is 0. The fourth-order valence-corrected chi connectivity index (χ4v) is 1.41. The quantitative estimate of drug-likeness (QED) is 0.691. The second-order valence-corrected chi connectivity index (χ2v) is 4.36. The highest BCUT2D eigenvalue weighted by Gasteiger charge is 2.17. The summed E-state index contributed by atoms with van der Waals surface area (Å²) < 4.78 is 0. The lowest BCUT2D eigenvalue weighted by Crippen LogP contribution is -2.25. The van der Waals surface area contributed by atoms with Gasteiger partial charge in [-0.15, -0.1) is 0 Å². The normalized spacial score (nSPS) is 15.8. The van der Waals surface area contributed by atoms with E-state index in [1.807, 2.05) is 6.92 Å². The Bertz CT molecular complexity index is 152. The van der Waals surface area contributed by atoms with E-state index in [4.69, 9.17) is 0 Å². The predicted octanol–water partition coefficient (Wildman–Crippen LogP) is 2.40. The van der Waals surface area contributed by atoms with E-state index in [0.29, 0.717) is 5.92 Å². The Morgan fingerprint density at radius 2 is 1.77 bits per heavy atom. The molecule has 0 heterocycles. The van der Waals surface area contributed by atoms with Crippen LogP contribution in [0.2, 0.25) is 0 Å². The lowest BCUT2D eigenvalue weighted by atomic mass is 9.94. The van der Waals surface area contributed by atoms with Crippen LogP contribution in [0.1, 0.15) is 47.0 Å².